The fraction of sp³-hybridized carbons (Fsp3) is 0.231. The standard InChI is InChI=1S/C13H12O2S2/c1-7-4-5-11(14)13-10(6-8(2)17-13)12(15)9(3)16-7/h4,6H,3,5H2,1-2H3/b7-4-. The number of hydrogen-bond acceptors (Lipinski definition) is 4. The summed E-state index contributed by atoms with van der Waals surface area (Å²) in [5.74, 6) is -0.113. The Morgan fingerprint density at radius 2 is 2.00 bits per heavy atom. The summed E-state index contributed by atoms with van der Waals surface area (Å²) < 4.78 is 0. The van der Waals surface area contributed by atoms with Crippen LogP contribution in [0.3, 0.4) is 0 Å². The lowest BCUT2D eigenvalue weighted by Gasteiger charge is -2.02. The zero-order chi connectivity index (χ0) is 12.6. The molecule has 1 aliphatic rings. The molecule has 0 aliphatic carbocycles. The van der Waals surface area contributed by atoms with E-state index < -0.39 is 0 Å². The molecule has 2 nitrogen and oxygen atoms in total. The molecule has 0 spiro atoms. The monoisotopic (exact) mass is 264 g/mol. The first-order valence-corrected chi connectivity index (χ1v) is 6.84. The van der Waals surface area contributed by atoms with E-state index in [-0.39, 0.29) is 11.6 Å². The van der Waals surface area contributed by atoms with Crippen molar-refractivity contribution < 1.29 is 9.59 Å². The maximum Gasteiger partial charge on any atom is 0.200 e. The van der Waals surface area contributed by atoms with Crippen molar-refractivity contribution in [1.29, 1.82) is 0 Å². The first-order chi connectivity index (χ1) is 7.99. The highest BCUT2D eigenvalue weighted by atomic mass is 32.2. The highest BCUT2D eigenvalue weighted by molar-refractivity contribution is 8.07. The summed E-state index contributed by atoms with van der Waals surface area (Å²) in [5.41, 5.74) is 0.512. The van der Waals surface area contributed by atoms with Crippen LogP contribution >= 0.6 is 23.1 Å². The minimum Gasteiger partial charge on any atom is -0.293 e. The number of Topliss-reactive ketones (excluding diaryl/α,β-unsaturated/α-hetero) is 2. The highest BCUT2D eigenvalue weighted by Crippen LogP contribution is 2.33. The fourth-order valence-corrected chi connectivity index (χ4v) is 3.37. The number of rotatable bonds is 0. The average molecular weight is 264 g/mol. The smallest absolute Gasteiger partial charge is 0.200 e. The Morgan fingerprint density at radius 1 is 1.29 bits per heavy atom. The maximum atomic E-state index is 12.2. The molecule has 0 atom stereocenters. The number of thioether (sulfide) groups is 1. The van der Waals surface area contributed by atoms with Crippen LogP contribution in [-0.4, -0.2) is 11.6 Å². The second-order valence-electron chi connectivity index (χ2n) is 3.90. The third-order valence-electron chi connectivity index (χ3n) is 2.47. The largest absolute Gasteiger partial charge is 0.293 e. The number of carbonyl (C=O) groups is 2. The van der Waals surface area contributed by atoms with Gasteiger partial charge in [-0.1, -0.05) is 24.4 Å². The van der Waals surface area contributed by atoms with Crippen LogP contribution in [0.5, 0.6) is 0 Å². The molecule has 4 heteroatoms. The van der Waals surface area contributed by atoms with Gasteiger partial charge in [-0.05, 0) is 24.8 Å². The molecule has 0 saturated heterocycles. The van der Waals surface area contributed by atoms with Crippen molar-refractivity contribution in [2.45, 2.75) is 20.3 Å². The highest BCUT2D eigenvalue weighted by Gasteiger charge is 2.23. The molecule has 0 amide bonds. The molecule has 2 rings (SSSR count). The van der Waals surface area contributed by atoms with Crippen LogP contribution in [0.4, 0.5) is 0 Å². The minimum atomic E-state index is -0.127. The van der Waals surface area contributed by atoms with Gasteiger partial charge < -0.3 is 0 Å². The van der Waals surface area contributed by atoms with E-state index in [4.69, 9.17) is 0 Å². The lowest BCUT2D eigenvalue weighted by Crippen LogP contribution is -2.04. The normalized spacial score (nSPS) is 20.1. The summed E-state index contributed by atoms with van der Waals surface area (Å²) in [5, 5.41) is 0. The number of aryl methyl sites for hydroxylation is 1. The van der Waals surface area contributed by atoms with Gasteiger partial charge in [0.25, 0.3) is 0 Å². The molecule has 0 aromatic carbocycles. The molecule has 1 aromatic rings. The second kappa shape index (κ2) is 4.63. The van der Waals surface area contributed by atoms with Crippen molar-refractivity contribution in [2.24, 2.45) is 0 Å². The molecule has 0 unspecified atom stereocenters. The van der Waals surface area contributed by atoms with Crippen molar-refractivity contribution in [3.8, 4) is 0 Å². The van der Waals surface area contributed by atoms with E-state index in [1.54, 1.807) is 6.07 Å². The predicted octanol–water partition coefficient (Wildman–Crippen LogP) is 3.98. The Morgan fingerprint density at radius 3 is 2.71 bits per heavy atom. The topological polar surface area (TPSA) is 34.1 Å². The average Bonchev–Trinajstić information content (AvgIpc) is 2.66. The van der Waals surface area contributed by atoms with E-state index in [0.717, 1.165) is 9.78 Å². The van der Waals surface area contributed by atoms with Gasteiger partial charge in [0.15, 0.2) is 5.78 Å². The Labute approximate surface area is 108 Å². The van der Waals surface area contributed by atoms with Crippen LogP contribution in [0, 0.1) is 6.92 Å². The number of allylic oxidation sites excluding steroid dienone is 3. The van der Waals surface area contributed by atoms with E-state index in [1.807, 2.05) is 19.9 Å². The molecule has 88 valence electrons. The van der Waals surface area contributed by atoms with Crippen LogP contribution in [-0.2, 0) is 0 Å². The van der Waals surface area contributed by atoms with Gasteiger partial charge in [-0.3, -0.25) is 9.59 Å². The number of hydrogen-bond donors (Lipinski definition) is 0. The van der Waals surface area contributed by atoms with Gasteiger partial charge in [-0.2, -0.15) is 0 Å². The zero-order valence-corrected chi connectivity index (χ0v) is 11.3. The van der Waals surface area contributed by atoms with E-state index in [9.17, 15) is 9.59 Å². The molecule has 1 aliphatic heterocycles. The van der Waals surface area contributed by atoms with E-state index in [1.165, 1.54) is 23.1 Å². The SMILES string of the molecule is C=C1S/C(C)=C\CC(=O)c2sc(C)cc2C1=O. The van der Waals surface area contributed by atoms with Gasteiger partial charge in [0, 0.05) is 16.9 Å². The summed E-state index contributed by atoms with van der Waals surface area (Å²) in [7, 11) is 0. The van der Waals surface area contributed by atoms with Crippen molar-refractivity contribution in [1.82, 2.24) is 0 Å². The van der Waals surface area contributed by atoms with Gasteiger partial charge in [-0.15, -0.1) is 11.3 Å². The van der Waals surface area contributed by atoms with Crippen molar-refractivity contribution in [3.63, 3.8) is 0 Å². The van der Waals surface area contributed by atoms with Crippen LogP contribution in [0.25, 0.3) is 0 Å². The molecule has 0 saturated carbocycles. The third-order valence-corrected chi connectivity index (χ3v) is 4.48. The van der Waals surface area contributed by atoms with Crippen LogP contribution in [0.15, 0.2) is 28.5 Å². The molecule has 2 heterocycles. The molecule has 0 radical (unpaired) electrons. The molecular weight excluding hydrogens is 252 g/mol. The van der Waals surface area contributed by atoms with Crippen molar-refractivity contribution in [2.75, 3.05) is 0 Å². The van der Waals surface area contributed by atoms with E-state index >= 15 is 0 Å². The number of fused-ring (bicyclic) bond motifs is 1. The molecule has 0 fully saturated rings. The van der Waals surface area contributed by atoms with Crippen LogP contribution < -0.4 is 0 Å². The maximum absolute atomic E-state index is 12.2. The van der Waals surface area contributed by atoms with E-state index in [0.29, 0.717) is 21.8 Å². The molecule has 0 N–H and O–H groups in total. The molecule has 17 heavy (non-hydrogen) atoms. The summed E-state index contributed by atoms with van der Waals surface area (Å²) in [6.45, 7) is 7.58. The third kappa shape index (κ3) is 2.42. The van der Waals surface area contributed by atoms with Crippen LogP contribution in [0.1, 0.15) is 38.3 Å². The Hall–Kier alpha value is -1.13. The predicted molar refractivity (Wildman–Crippen MR) is 72.8 cm³/mol. The zero-order valence-electron chi connectivity index (χ0n) is 9.70. The van der Waals surface area contributed by atoms with Crippen molar-refractivity contribution in [3.05, 3.63) is 43.8 Å². The first kappa shape index (κ1) is 12.3. The molecule has 1 aromatic heterocycles. The van der Waals surface area contributed by atoms with Crippen molar-refractivity contribution >= 4 is 34.7 Å². The second-order valence-corrected chi connectivity index (χ2v) is 6.49. The van der Waals surface area contributed by atoms with Gasteiger partial charge in [0.1, 0.15) is 0 Å². The summed E-state index contributed by atoms with van der Waals surface area (Å²) in [6.07, 6.45) is 2.21. The van der Waals surface area contributed by atoms with Gasteiger partial charge in [0.05, 0.1) is 9.78 Å². The number of thiophene rings is 1. The van der Waals surface area contributed by atoms with Crippen LogP contribution in [0.2, 0.25) is 0 Å². The Balaban J connectivity index is 2.56. The minimum absolute atomic E-state index is 0.0149. The lowest BCUT2D eigenvalue weighted by atomic mass is 10.1. The van der Waals surface area contributed by atoms with E-state index in [2.05, 4.69) is 6.58 Å². The Bertz CT molecular complexity index is 550. The lowest BCUT2D eigenvalue weighted by molar-refractivity contribution is 0.0983. The quantitative estimate of drug-likeness (QED) is 0.665. The summed E-state index contributed by atoms with van der Waals surface area (Å²) >= 11 is 2.73. The molecular formula is C13H12O2S2. The Kier molecular flexibility index (Phi) is 3.35. The first-order valence-electron chi connectivity index (χ1n) is 5.21. The molecule has 0 bridgehead atoms. The number of ketones is 2. The summed E-state index contributed by atoms with van der Waals surface area (Å²) in [4.78, 5) is 27.1. The number of carbonyl (C=O) groups excluding carboxylic acids is 2. The van der Waals surface area contributed by atoms with Gasteiger partial charge in [0.2, 0.25) is 5.78 Å². The fourth-order valence-electron chi connectivity index (χ4n) is 1.65. The van der Waals surface area contributed by atoms with Gasteiger partial charge in [-0.25, -0.2) is 0 Å². The van der Waals surface area contributed by atoms with Gasteiger partial charge >= 0.3 is 0 Å². The summed E-state index contributed by atoms with van der Waals surface area (Å²) in [6, 6.07) is 1.78.